The fourth-order valence-corrected chi connectivity index (χ4v) is 4.63. The molecule has 0 bridgehead atoms. The van der Waals surface area contributed by atoms with Gasteiger partial charge in [0.15, 0.2) is 0 Å². The average Bonchev–Trinajstić information content (AvgIpc) is 2.80. The van der Waals surface area contributed by atoms with E-state index >= 15 is 0 Å². The van der Waals surface area contributed by atoms with Gasteiger partial charge in [-0.05, 0) is 57.3 Å². The minimum atomic E-state index is -0.686. The van der Waals surface area contributed by atoms with E-state index in [4.69, 9.17) is 9.84 Å². The SMILES string of the molecule is C=C(OCCCCCCCCCCC(=O)O)c1cc2ccc3cccc4ccc(c1)c2c34. The lowest BCUT2D eigenvalue weighted by atomic mass is 9.93. The van der Waals surface area contributed by atoms with Crippen LogP contribution in [0.25, 0.3) is 38.1 Å². The summed E-state index contributed by atoms with van der Waals surface area (Å²) in [7, 11) is 0. The molecule has 0 fully saturated rings. The Bertz CT molecular complexity index is 1140. The van der Waals surface area contributed by atoms with Gasteiger partial charge in [0, 0.05) is 12.0 Å². The van der Waals surface area contributed by atoms with E-state index in [0.717, 1.165) is 43.4 Å². The van der Waals surface area contributed by atoms with Gasteiger partial charge >= 0.3 is 5.97 Å². The van der Waals surface area contributed by atoms with E-state index < -0.39 is 5.97 Å². The molecule has 32 heavy (non-hydrogen) atoms. The molecule has 0 heterocycles. The molecule has 4 rings (SSSR count). The highest BCUT2D eigenvalue weighted by atomic mass is 16.5. The van der Waals surface area contributed by atoms with E-state index in [9.17, 15) is 4.79 Å². The highest BCUT2D eigenvalue weighted by Gasteiger charge is 2.10. The Morgan fingerprint density at radius 2 is 1.22 bits per heavy atom. The van der Waals surface area contributed by atoms with E-state index in [0.29, 0.717) is 13.0 Å². The lowest BCUT2D eigenvalue weighted by Gasteiger charge is -2.14. The predicted molar refractivity (Wildman–Crippen MR) is 134 cm³/mol. The Labute approximate surface area is 190 Å². The number of aliphatic carboxylic acids is 1. The van der Waals surface area contributed by atoms with E-state index in [1.165, 1.54) is 51.6 Å². The molecule has 3 nitrogen and oxygen atoms in total. The summed E-state index contributed by atoms with van der Waals surface area (Å²) >= 11 is 0. The predicted octanol–water partition coefficient (Wildman–Crippen LogP) is 8.17. The van der Waals surface area contributed by atoms with Gasteiger partial charge in [0.2, 0.25) is 0 Å². The van der Waals surface area contributed by atoms with Crippen molar-refractivity contribution in [2.45, 2.75) is 57.8 Å². The van der Waals surface area contributed by atoms with Gasteiger partial charge in [0.25, 0.3) is 0 Å². The lowest BCUT2D eigenvalue weighted by molar-refractivity contribution is -0.137. The van der Waals surface area contributed by atoms with Crippen LogP contribution < -0.4 is 0 Å². The molecule has 3 heteroatoms. The zero-order valence-electron chi connectivity index (χ0n) is 18.7. The topological polar surface area (TPSA) is 46.5 Å². The standard InChI is InChI=1S/C29H32O3/c1-21(32-18-9-7-5-3-2-4-6-8-13-27(30)31)26-19-24-16-14-22-11-10-12-23-15-17-25(20-26)29(24)28(22)23/h10-12,14-17,19-20H,1-9,13,18H2,(H,30,31). The summed E-state index contributed by atoms with van der Waals surface area (Å²) in [5, 5.41) is 16.3. The maximum absolute atomic E-state index is 10.5. The van der Waals surface area contributed by atoms with Crippen molar-refractivity contribution in [2.75, 3.05) is 6.61 Å². The summed E-state index contributed by atoms with van der Waals surface area (Å²) in [5.41, 5.74) is 1.05. The zero-order chi connectivity index (χ0) is 22.3. The number of rotatable bonds is 13. The molecule has 0 aromatic heterocycles. The number of carboxylic acid groups (broad SMARTS) is 1. The van der Waals surface area contributed by atoms with E-state index in [1.807, 2.05) is 0 Å². The summed E-state index contributed by atoms with van der Waals surface area (Å²) in [5.74, 6) is 0.0581. The third-order valence-corrected chi connectivity index (χ3v) is 6.35. The highest BCUT2D eigenvalue weighted by molar-refractivity contribution is 6.23. The molecule has 0 spiro atoms. The first-order valence-electron chi connectivity index (χ1n) is 11.8. The minimum absolute atomic E-state index is 0.299. The smallest absolute Gasteiger partial charge is 0.303 e. The van der Waals surface area contributed by atoms with Crippen LogP contribution in [0.2, 0.25) is 0 Å². The van der Waals surface area contributed by atoms with Gasteiger partial charge in [0.1, 0.15) is 5.76 Å². The maximum atomic E-state index is 10.5. The Balaban J connectivity index is 1.24. The van der Waals surface area contributed by atoms with Gasteiger partial charge in [-0.3, -0.25) is 4.79 Å². The van der Waals surface area contributed by atoms with Crippen LogP contribution in [0.15, 0.2) is 61.2 Å². The summed E-state index contributed by atoms with van der Waals surface area (Å²) in [4.78, 5) is 10.5. The Morgan fingerprint density at radius 3 is 1.81 bits per heavy atom. The monoisotopic (exact) mass is 428 g/mol. The van der Waals surface area contributed by atoms with Crippen molar-refractivity contribution < 1.29 is 14.6 Å². The quantitative estimate of drug-likeness (QED) is 0.133. The van der Waals surface area contributed by atoms with Gasteiger partial charge in [-0.15, -0.1) is 0 Å². The Morgan fingerprint density at radius 1 is 0.719 bits per heavy atom. The molecule has 0 aliphatic rings. The first kappa shape index (κ1) is 22.1. The van der Waals surface area contributed by atoms with Crippen molar-refractivity contribution >= 4 is 44.0 Å². The van der Waals surface area contributed by atoms with Gasteiger partial charge < -0.3 is 9.84 Å². The lowest BCUT2D eigenvalue weighted by Crippen LogP contribution is -1.95. The minimum Gasteiger partial charge on any atom is -0.494 e. The molecule has 0 atom stereocenters. The number of ether oxygens (including phenoxy) is 1. The Kier molecular flexibility index (Phi) is 7.26. The van der Waals surface area contributed by atoms with Crippen molar-refractivity contribution in [1.82, 2.24) is 0 Å². The van der Waals surface area contributed by atoms with Crippen molar-refractivity contribution in [3.63, 3.8) is 0 Å². The largest absolute Gasteiger partial charge is 0.494 e. The molecular weight excluding hydrogens is 396 g/mol. The summed E-state index contributed by atoms with van der Waals surface area (Å²) < 4.78 is 5.99. The summed E-state index contributed by atoms with van der Waals surface area (Å²) in [6.45, 7) is 4.88. The first-order valence-corrected chi connectivity index (χ1v) is 11.8. The molecule has 0 amide bonds. The molecule has 0 aliphatic carbocycles. The summed E-state index contributed by atoms with van der Waals surface area (Å²) in [6.07, 6.45) is 9.06. The van der Waals surface area contributed by atoms with Gasteiger partial charge in [-0.1, -0.05) is 87.6 Å². The molecule has 166 valence electrons. The molecule has 1 N–H and O–H groups in total. The van der Waals surface area contributed by atoms with Crippen LogP contribution in [0.3, 0.4) is 0 Å². The molecule has 0 saturated heterocycles. The number of benzene rings is 4. The van der Waals surface area contributed by atoms with Crippen LogP contribution in [0, 0.1) is 0 Å². The van der Waals surface area contributed by atoms with E-state index in [2.05, 4.69) is 61.2 Å². The second kappa shape index (κ2) is 10.5. The van der Waals surface area contributed by atoms with Crippen molar-refractivity contribution in [2.24, 2.45) is 0 Å². The number of hydrogen-bond donors (Lipinski definition) is 1. The number of unbranched alkanes of at least 4 members (excludes halogenated alkanes) is 7. The van der Waals surface area contributed by atoms with Crippen LogP contribution in [-0.4, -0.2) is 17.7 Å². The molecule has 4 aromatic rings. The van der Waals surface area contributed by atoms with Crippen LogP contribution in [0.4, 0.5) is 0 Å². The van der Waals surface area contributed by atoms with E-state index in [1.54, 1.807) is 0 Å². The van der Waals surface area contributed by atoms with Crippen LogP contribution in [-0.2, 0) is 9.53 Å². The molecule has 0 aliphatic heterocycles. The van der Waals surface area contributed by atoms with E-state index in [-0.39, 0.29) is 0 Å². The van der Waals surface area contributed by atoms with Crippen LogP contribution in [0.1, 0.15) is 63.4 Å². The fourth-order valence-electron chi connectivity index (χ4n) is 4.63. The van der Waals surface area contributed by atoms with Crippen molar-refractivity contribution in [1.29, 1.82) is 0 Å². The fraction of sp³-hybridized carbons (Fsp3) is 0.345. The summed E-state index contributed by atoms with van der Waals surface area (Å²) in [6, 6.07) is 19.7. The van der Waals surface area contributed by atoms with Gasteiger partial charge in [0.05, 0.1) is 6.61 Å². The zero-order valence-corrected chi connectivity index (χ0v) is 18.7. The second-order valence-electron chi connectivity index (χ2n) is 8.75. The number of carbonyl (C=O) groups is 1. The molecule has 0 saturated carbocycles. The Hall–Kier alpha value is -3.07. The highest BCUT2D eigenvalue weighted by Crippen LogP contribution is 2.36. The molecule has 0 unspecified atom stereocenters. The third-order valence-electron chi connectivity index (χ3n) is 6.35. The molecular formula is C29H32O3. The van der Waals surface area contributed by atoms with Crippen LogP contribution >= 0.6 is 0 Å². The molecule has 4 aromatic carbocycles. The van der Waals surface area contributed by atoms with Crippen molar-refractivity contribution in [3.8, 4) is 0 Å². The number of hydrogen-bond acceptors (Lipinski definition) is 2. The van der Waals surface area contributed by atoms with Crippen molar-refractivity contribution in [3.05, 3.63) is 66.7 Å². The molecule has 0 radical (unpaired) electrons. The van der Waals surface area contributed by atoms with Gasteiger partial charge in [-0.25, -0.2) is 0 Å². The number of carboxylic acids is 1. The third kappa shape index (κ3) is 5.21. The van der Waals surface area contributed by atoms with Gasteiger partial charge in [-0.2, -0.15) is 0 Å². The average molecular weight is 429 g/mol. The normalized spacial score (nSPS) is 11.5. The first-order chi connectivity index (χ1) is 15.6. The maximum Gasteiger partial charge on any atom is 0.303 e. The second-order valence-corrected chi connectivity index (χ2v) is 8.75. The van der Waals surface area contributed by atoms with Crippen LogP contribution in [0.5, 0.6) is 0 Å².